The van der Waals surface area contributed by atoms with Crippen LogP contribution in [0.1, 0.15) is 25.3 Å². The van der Waals surface area contributed by atoms with Gasteiger partial charge in [0.2, 0.25) is 15.9 Å². The van der Waals surface area contributed by atoms with Crippen LogP contribution in [-0.2, 0) is 20.4 Å². The van der Waals surface area contributed by atoms with Crippen LogP contribution in [0.5, 0.6) is 0 Å². The predicted octanol–water partition coefficient (Wildman–Crippen LogP) is 2.19. The molecule has 1 atom stereocenters. The molecule has 7 heteroatoms. The van der Waals surface area contributed by atoms with Crippen LogP contribution in [0.3, 0.4) is 0 Å². The van der Waals surface area contributed by atoms with Crippen molar-refractivity contribution in [1.82, 2.24) is 4.72 Å². The van der Waals surface area contributed by atoms with Crippen molar-refractivity contribution >= 4 is 21.6 Å². The number of hydrogen-bond acceptors (Lipinski definition) is 4. The average Bonchev–Trinajstić information content (AvgIpc) is 3.46. The van der Waals surface area contributed by atoms with Gasteiger partial charge >= 0.3 is 0 Å². The van der Waals surface area contributed by atoms with Crippen molar-refractivity contribution in [2.24, 2.45) is 11.7 Å². The fourth-order valence-corrected chi connectivity index (χ4v) is 3.64. The first kappa shape index (κ1) is 18.6. The maximum absolute atomic E-state index is 12.5. The minimum absolute atomic E-state index is 0.176. The minimum atomic E-state index is -3.52. The summed E-state index contributed by atoms with van der Waals surface area (Å²) in [4.78, 5) is 12.7. The Morgan fingerprint density at radius 2 is 1.73 bits per heavy atom. The zero-order chi connectivity index (χ0) is 18.8. The summed E-state index contributed by atoms with van der Waals surface area (Å²) in [6, 6.07) is 15.2. The Bertz CT molecular complexity index is 874. The number of anilines is 1. The molecule has 1 fully saturated rings. The highest BCUT2D eigenvalue weighted by molar-refractivity contribution is 7.89. The smallest absolute Gasteiger partial charge is 0.248 e. The Labute approximate surface area is 153 Å². The highest BCUT2D eigenvalue weighted by atomic mass is 32.2. The van der Waals surface area contributed by atoms with Gasteiger partial charge in [0.1, 0.15) is 5.54 Å². The molecule has 0 bridgehead atoms. The van der Waals surface area contributed by atoms with E-state index in [1.165, 1.54) is 12.1 Å². The number of hydrogen-bond donors (Lipinski definition) is 3. The van der Waals surface area contributed by atoms with Gasteiger partial charge in [-0.05, 0) is 55.5 Å². The Kier molecular flexibility index (Phi) is 5.13. The Balaban J connectivity index is 1.67. The molecule has 0 spiro atoms. The van der Waals surface area contributed by atoms with E-state index in [-0.39, 0.29) is 10.8 Å². The lowest BCUT2D eigenvalue weighted by Crippen LogP contribution is -2.45. The van der Waals surface area contributed by atoms with E-state index in [2.05, 4.69) is 10.0 Å². The molecule has 1 aliphatic carbocycles. The van der Waals surface area contributed by atoms with Crippen molar-refractivity contribution in [2.75, 3.05) is 11.9 Å². The molecule has 0 radical (unpaired) electrons. The maximum Gasteiger partial charge on any atom is 0.248 e. The molecule has 0 aromatic heterocycles. The summed E-state index contributed by atoms with van der Waals surface area (Å²) >= 11 is 0. The molecule has 1 amide bonds. The first-order chi connectivity index (χ1) is 12.3. The van der Waals surface area contributed by atoms with Gasteiger partial charge in [-0.1, -0.05) is 30.3 Å². The monoisotopic (exact) mass is 373 g/mol. The van der Waals surface area contributed by atoms with Crippen LogP contribution in [0, 0.1) is 5.92 Å². The van der Waals surface area contributed by atoms with E-state index in [1.54, 1.807) is 31.2 Å². The van der Waals surface area contributed by atoms with Crippen LogP contribution in [0.2, 0.25) is 0 Å². The Hall–Kier alpha value is -2.22. The van der Waals surface area contributed by atoms with E-state index in [9.17, 15) is 13.2 Å². The molecule has 1 saturated carbocycles. The van der Waals surface area contributed by atoms with Crippen molar-refractivity contribution in [3.63, 3.8) is 0 Å². The highest BCUT2D eigenvalue weighted by Crippen LogP contribution is 2.28. The number of sulfonamides is 1. The van der Waals surface area contributed by atoms with Crippen molar-refractivity contribution in [3.05, 3.63) is 60.2 Å². The highest BCUT2D eigenvalue weighted by Gasteiger charge is 2.30. The van der Waals surface area contributed by atoms with Gasteiger partial charge in [-0.3, -0.25) is 4.79 Å². The molecule has 3 rings (SSSR count). The standard InChI is InChI=1S/C19H23N3O3S/c1-19(20,15-5-3-2-4-6-15)18(23)22-16-9-11-17(12-10-16)26(24,25)21-13-14-7-8-14/h2-6,9-12,14,21H,7-8,13,20H2,1H3,(H,22,23). The van der Waals surface area contributed by atoms with Crippen LogP contribution in [-0.4, -0.2) is 20.9 Å². The summed E-state index contributed by atoms with van der Waals surface area (Å²) in [5.74, 6) is 0.0923. The number of nitrogens with one attached hydrogen (secondary N) is 2. The lowest BCUT2D eigenvalue weighted by Gasteiger charge is -2.24. The molecule has 2 aromatic carbocycles. The summed E-state index contributed by atoms with van der Waals surface area (Å²) in [7, 11) is -3.52. The number of carbonyl (C=O) groups is 1. The Morgan fingerprint density at radius 1 is 1.12 bits per heavy atom. The fourth-order valence-electron chi connectivity index (χ4n) is 2.53. The second kappa shape index (κ2) is 7.19. The van der Waals surface area contributed by atoms with Crippen LogP contribution in [0.15, 0.2) is 59.5 Å². The first-order valence-electron chi connectivity index (χ1n) is 8.54. The number of rotatable bonds is 7. The van der Waals surface area contributed by atoms with Crippen molar-refractivity contribution in [3.8, 4) is 0 Å². The van der Waals surface area contributed by atoms with E-state index >= 15 is 0 Å². The quantitative estimate of drug-likeness (QED) is 0.692. The van der Waals surface area contributed by atoms with Crippen molar-refractivity contribution in [2.45, 2.75) is 30.2 Å². The van der Waals surface area contributed by atoms with Crippen molar-refractivity contribution in [1.29, 1.82) is 0 Å². The second-order valence-corrected chi connectivity index (χ2v) is 8.61. The SMILES string of the molecule is CC(N)(C(=O)Nc1ccc(S(=O)(=O)NCC2CC2)cc1)c1ccccc1. The molecular formula is C19H23N3O3S. The molecule has 0 saturated heterocycles. The molecule has 4 N–H and O–H groups in total. The van der Waals surface area contributed by atoms with Crippen LogP contribution in [0.4, 0.5) is 5.69 Å². The van der Waals surface area contributed by atoms with E-state index in [1.807, 2.05) is 18.2 Å². The van der Waals surface area contributed by atoms with E-state index < -0.39 is 15.6 Å². The molecule has 1 unspecified atom stereocenters. The van der Waals surface area contributed by atoms with E-state index in [0.29, 0.717) is 23.7 Å². The molecule has 0 heterocycles. The van der Waals surface area contributed by atoms with Crippen LogP contribution < -0.4 is 15.8 Å². The number of nitrogens with two attached hydrogens (primary N) is 1. The molecular weight excluding hydrogens is 350 g/mol. The number of carbonyl (C=O) groups excluding carboxylic acids is 1. The molecule has 138 valence electrons. The van der Waals surface area contributed by atoms with Crippen LogP contribution in [0.25, 0.3) is 0 Å². The number of benzene rings is 2. The number of amides is 1. The van der Waals surface area contributed by atoms with Crippen LogP contribution >= 0.6 is 0 Å². The summed E-state index contributed by atoms with van der Waals surface area (Å²) in [6.07, 6.45) is 2.15. The van der Waals surface area contributed by atoms with Gasteiger partial charge in [-0.15, -0.1) is 0 Å². The van der Waals surface area contributed by atoms with Gasteiger partial charge in [0.05, 0.1) is 4.90 Å². The molecule has 1 aliphatic rings. The summed E-state index contributed by atoms with van der Waals surface area (Å²) < 4.78 is 27.1. The van der Waals surface area contributed by atoms with E-state index in [4.69, 9.17) is 5.73 Å². The second-order valence-electron chi connectivity index (χ2n) is 6.84. The van der Waals surface area contributed by atoms with Crippen molar-refractivity contribution < 1.29 is 13.2 Å². The molecule has 26 heavy (non-hydrogen) atoms. The topological polar surface area (TPSA) is 101 Å². The average molecular weight is 373 g/mol. The molecule has 6 nitrogen and oxygen atoms in total. The molecule has 0 aliphatic heterocycles. The fraction of sp³-hybridized carbons (Fsp3) is 0.316. The van der Waals surface area contributed by atoms with Gasteiger partial charge in [0, 0.05) is 12.2 Å². The predicted molar refractivity (Wildman–Crippen MR) is 101 cm³/mol. The third-order valence-electron chi connectivity index (χ3n) is 4.53. The normalized spacial score (nSPS) is 16.7. The molecule has 2 aromatic rings. The largest absolute Gasteiger partial charge is 0.324 e. The van der Waals surface area contributed by atoms with Gasteiger partial charge in [0.15, 0.2) is 0 Å². The zero-order valence-corrected chi connectivity index (χ0v) is 15.4. The first-order valence-corrected chi connectivity index (χ1v) is 10.0. The third-order valence-corrected chi connectivity index (χ3v) is 5.97. The third kappa shape index (κ3) is 4.30. The lowest BCUT2D eigenvalue weighted by atomic mass is 9.92. The minimum Gasteiger partial charge on any atom is -0.324 e. The van der Waals surface area contributed by atoms with Gasteiger partial charge in [-0.2, -0.15) is 0 Å². The summed E-state index contributed by atoms with van der Waals surface area (Å²) in [6.45, 7) is 2.11. The van der Waals surface area contributed by atoms with E-state index in [0.717, 1.165) is 12.8 Å². The van der Waals surface area contributed by atoms with Gasteiger partial charge in [0.25, 0.3) is 0 Å². The zero-order valence-electron chi connectivity index (χ0n) is 14.6. The summed E-state index contributed by atoms with van der Waals surface area (Å²) in [5.41, 5.74) is 6.17. The van der Waals surface area contributed by atoms with Gasteiger partial charge in [-0.25, -0.2) is 13.1 Å². The summed E-state index contributed by atoms with van der Waals surface area (Å²) in [5, 5.41) is 2.74. The lowest BCUT2D eigenvalue weighted by molar-refractivity contribution is -0.120. The Morgan fingerprint density at radius 3 is 2.31 bits per heavy atom. The van der Waals surface area contributed by atoms with Gasteiger partial charge < -0.3 is 11.1 Å². The maximum atomic E-state index is 12.5.